The van der Waals surface area contributed by atoms with Crippen molar-refractivity contribution in [2.45, 2.75) is 25.7 Å². The standard InChI is InChI=1S/C9H13N3O/c10-6-5-8-11-9(13-12-8)7-3-1-2-4-7/h3H,1-2,4-6,10H2. The summed E-state index contributed by atoms with van der Waals surface area (Å²) in [6.45, 7) is 0.567. The number of hydrogen-bond acceptors (Lipinski definition) is 4. The van der Waals surface area contributed by atoms with Gasteiger partial charge in [-0.15, -0.1) is 0 Å². The van der Waals surface area contributed by atoms with Crippen LogP contribution in [0.25, 0.3) is 5.57 Å². The average molecular weight is 179 g/mol. The SMILES string of the molecule is NCCc1noc(C2=CCCC2)n1. The van der Waals surface area contributed by atoms with Crippen molar-refractivity contribution in [2.75, 3.05) is 6.54 Å². The molecular formula is C9H13N3O. The predicted octanol–water partition coefficient (Wildman–Crippen LogP) is 1.14. The lowest BCUT2D eigenvalue weighted by Crippen LogP contribution is -2.03. The highest BCUT2D eigenvalue weighted by Crippen LogP contribution is 2.25. The Kier molecular flexibility index (Phi) is 2.40. The minimum atomic E-state index is 0.567. The second-order valence-electron chi connectivity index (χ2n) is 3.18. The summed E-state index contributed by atoms with van der Waals surface area (Å²) in [4.78, 5) is 4.26. The molecule has 0 aliphatic heterocycles. The molecule has 1 aliphatic rings. The highest BCUT2D eigenvalue weighted by atomic mass is 16.5. The molecule has 13 heavy (non-hydrogen) atoms. The molecule has 0 saturated heterocycles. The maximum atomic E-state index is 5.39. The van der Waals surface area contributed by atoms with Crippen molar-refractivity contribution in [2.24, 2.45) is 5.73 Å². The highest BCUT2D eigenvalue weighted by Gasteiger charge is 2.13. The van der Waals surface area contributed by atoms with Crippen LogP contribution in [0.2, 0.25) is 0 Å². The first-order valence-electron chi connectivity index (χ1n) is 4.62. The topological polar surface area (TPSA) is 64.9 Å². The Bertz CT molecular complexity index is 316. The van der Waals surface area contributed by atoms with Gasteiger partial charge in [0.1, 0.15) is 0 Å². The lowest BCUT2D eigenvalue weighted by Gasteiger charge is -1.89. The molecule has 0 bridgehead atoms. The summed E-state index contributed by atoms with van der Waals surface area (Å²) < 4.78 is 5.12. The van der Waals surface area contributed by atoms with Crippen molar-refractivity contribution in [3.8, 4) is 0 Å². The number of aromatic nitrogens is 2. The Labute approximate surface area is 76.8 Å². The molecule has 0 atom stereocenters. The first-order chi connectivity index (χ1) is 6.40. The molecule has 0 aromatic carbocycles. The number of rotatable bonds is 3. The van der Waals surface area contributed by atoms with Gasteiger partial charge in [0.25, 0.3) is 5.89 Å². The van der Waals surface area contributed by atoms with Gasteiger partial charge in [0.15, 0.2) is 5.82 Å². The molecule has 2 N–H and O–H groups in total. The fourth-order valence-electron chi connectivity index (χ4n) is 1.48. The third-order valence-electron chi connectivity index (χ3n) is 2.15. The van der Waals surface area contributed by atoms with Crippen LogP contribution >= 0.6 is 0 Å². The lowest BCUT2D eigenvalue weighted by atomic mass is 10.2. The molecule has 4 nitrogen and oxygen atoms in total. The predicted molar refractivity (Wildman–Crippen MR) is 48.9 cm³/mol. The summed E-state index contributed by atoms with van der Waals surface area (Å²) >= 11 is 0. The molecule has 1 aliphatic carbocycles. The van der Waals surface area contributed by atoms with Gasteiger partial charge in [-0.25, -0.2) is 0 Å². The Hall–Kier alpha value is -1.16. The summed E-state index contributed by atoms with van der Waals surface area (Å²) in [5.74, 6) is 1.39. The van der Waals surface area contributed by atoms with Crippen molar-refractivity contribution < 1.29 is 4.52 Å². The maximum Gasteiger partial charge on any atom is 0.253 e. The van der Waals surface area contributed by atoms with Gasteiger partial charge in [0.05, 0.1) is 0 Å². The van der Waals surface area contributed by atoms with E-state index in [1.54, 1.807) is 0 Å². The molecule has 0 fully saturated rings. The molecule has 0 saturated carbocycles. The van der Waals surface area contributed by atoms with Crippen LogP contribution in [0.4, 0.5) is 0 Å². The van der Waals surface area contributed by atoms with E-state index in [9.17, 15) is 0 Å². The van der Waals surface area contributed by atoms with Gasteiger partial charge in [-0.2, -0.15) is 4.98 Å². The third-order valence-corrected chi connectivity index (χ3v) is 2.15. The van der Waals surface area contributed by atoms with Gasteiger partial charge in [-0.1, -0.05) is 11.2 Å². The van der Waals surface area contributed by atoms with Gasteiger partial charge in [0.2, 0.25) is 0 Å². The van der Waals surface area contributed by atoms with Crippen LogP contribution in [0.1, 0.15) is 31.0 Å². The number of hydrogen-bond donors (Lipinski definition) is 1. The van der Waals surface area contributed by atoms with Crippen LogP contribution in [0, 0.1) is 0 Å². The van der Waals surface area contributed by atoms with Crippen LogP contribution in [0.5, 0.6) is 0 Å². The second kappa shape index (κ2) is 3.70. The molecule has 4 heteroatoms. The zero-order valence-corrected chi connectivity index (χ0v) is 7.49. The lowest BCUT2D eigenvalue weighted by molar-refractivity contribution is 0.399. The van der Waals surface area contributed by atoms with E-state index in [1.165, 1.54) is 12.0 Å². The first-order valence-corrected chi connectivity index (χ1v) is 4.62. The molecule has 0 amide bonds. The smallest absolute Gasteiger partial charge is 0.253 e. The molecule has 2 rings (SSSR count). The molecule has 1 aromatic rings. The van der Waals surface area contributed by atoms with Crippen LogP contribution in [0.15, 0.2) is 10.6 Å². The van der Waals surface area contributed by atoms with Gasteiger partial charge >= 0.3 is 0 Å². The Balaban J connectivity index is 2.12. The van der Waals surface area contributed by atoms with Crippen molar-refractivity contribution in [1.82, 2.24) is 10.1 Å². The summed E-state index contributed by atoms with van der Waals surface area (Å²) in [5, 5.41) is 3.84. The summed E-state index contributed by atoms with van der Waals surface area (Å²) in [7, 11) is 0. The molecule has 0 unspecified atom stereocenters. The Morgan fingerprint density at radius 2 is 2.46 bits per heavy atom. The van der Waals surface area contributed by atoms with Gasteiger partial charge in [-0.05, 0) is 25.8 Å². The quantitative estimate of drug-likeness (QED) is 0.755. The molecular weight excluding hydrogens is 166 g/mol. The monoisotopic (exact) mass is 179 g/mol. The minimum Gasteiger partial charge on any atom is -0.334 e. The number of nitrogens with two attached hydrogens (primary N) is 1. The van der Waals surface area contributed by atoms with Crippen LogP contribution < -0.4 is 5.73 Å². The van der Waals surface area contributed by atoms with Crippen molar-refractivity contribution in [3.63, 3.8) is 0 Å². The van der Waals surface area contributed by atoms with Crippen LogP contribution in [0.3, 0.4) is 0 Å². The van der Waals surface area contributed by atoms with Gasteiger partial charge in [0, 0.05) is 12.0 Å². The third kappa shape index (κ3) is 1.78. The van der Waals surface area contributed by atoms with E-state index in [4.69, 9.17) is 10.3 Å². The Morgan fingerprint density at radius 1 is 1.54 bits per heavy atom. The van der Waals surface area contributed by atoms with Crippen molar-refractivity contribution in [1.29, 1.82) is 0 Å². The largest absolute Gasteiger partial charge is 0.334 e. The van der Waals surface area contributed by atoms with Crippen molar-refractivity contribution >= 4 is 5.57 Å². The zero-order valence-electron chi connectivity index (χ0n) is 7.49. The van der Waals surface area contributed by atoms with E-state index in [-0.39, 0.29) is 0 Å². The molecule has 1 aromatic heterocycles. The second-order valence-corrected chi connectivity index (χ2v) is 3.18. The van der Waals surface area contributed by atoms with E-state index < -0.39 is 0 Å². The average Bonchev–Trinajstić information content (AvgIpc) is 2.70. The minimum absolute atomic E-state index is 0.567. The number of allylic oxidation sites excluding steroid dienone is 2. The fraction of sp³-hybridized carbons (Fsp3) is 0.556. The van der Waals surface area contributed by atoms with E-state index in [2.05, 4.69) is 16.2 Å². The molecule has 70 valence electrons. The molecule has 0 radical (unpaired) electrons. The molecule has 1 heterocycles. The Morgan fingerprint density at radius 3 is 3.15 bits per heavy atom. The first kappa shape index (κ1) is 8.44. The molecule has 0 spiro atoms. The van der Waals surface area contributed by atoms with Crippen LogP contribution in [-0.2, 0) is 6.42 Å². The number of nitrogens with zero attached hydrogens (tertiary/aromatic N) is 2. The van der Waals surface area contributed by atoms with E-state index >= 15 is 0 Å². The maximum absolute atomic E-state index is 5.39. The highest BCUT2D eigenvalue weighted by molar-refractivity contribution is 5.59. The van der Waals surface area contributed by atoms with E-state index in [1.807, 2.05) is 0 Å². The summed E-state index contributed by atoms with van der Waals surface area (Å²) in [5.41, 5.74) is 6.58. The van der Waals surface area contributed by atoms with E-state index in [0.29, 0.717) is 24.7 Å². The fourth-order valence-corrected chi connectivity index (χ4v) is 1.48. The van der Waals surface area contributed by atoms with Crippen molar-refractivity contribution in [3.05, 3.63) is 17.8 Å². The summed E-state index contributed by atoms with van der Waals surface area (Å²) in [6, 6.07) is 0. The normalized spacial score (nSPS) is 16.2. The van der Waals surface area contributed by atoms with Gasteiger partial charge < -0.3 is 10.3 Å². The van der Waals surface area contributed by atoms with E-state index in [0.717, 1.165) is 12.8 Å². The zero-order chi connectivity index (χ0) is 9.10. The summed E-state index contributed by atoms with van der Waals surface area (Å²) in [6.07, 6.45) is 6.24. The van der Waals surface area contributed by atoms with Gasteiger partial charge in [-0.3, -0.25) is 0 Å². The van der Waals surface area contributed by atoms with Crippen LogP contribution in [-0.4, -0.2) is 16.7 Å².